The molecule has 0 fully saturated rings. The molecule has 0 aromatic carbocycles. The summed E-state index contributed by atoms with van der Waals surface area (Å²) in [5.74, 6) is -0.135. The summed E-state index contributed by atoms with van der Waals surface area (Å²) in [4.78, 5) is 15.6. The maximum Gasteiger partial charge on any atom is 0.237 e. The summed E-state index contributed by atoms with van der Waals surface area (Å²) >= 11 is 1.51. The lowest BCUT2D eigenvalue weighted by Crippen LogP contribution is -2.40. The molecule has 1 aromatic rings. The summed E-state index contributed by atoms with van der Waals surface area (Å²) in [6.45, 7) is 1.08. The van der Waals surface area contributed by atoms with Gasteiger partial charge in [-0.3, -0.25) is 4.79 Å². The number of nitrogens with one attached hydrogen (secondary N) is 1. The number of amides is 1. The average Bonchev–Trinajstić information content (AvgIpc) is 2.79. The van der Waals surface area contributed by atoms with Crippen LogP contribution in [0.4, 0.5) is 0 Å². The van der Waals surface area contributed by atoms with Crippen LogP contribution in [0.2, 0.25) is 0 Å². The van der Waals surface area contributed by atoms with E-state index in [-0.39, 0.29) is 5.91 Å². The molecule has 1 aromatic heterocycles. The lowest BCUT2D eigenvalue weighted by atomic mass is 10.1. The molecule has 0 saturated heterocycles. The first-order valence-electron chi connectivity index (χ1n) is 5.13. The number of rotatable bonds is 7. The Kier molecular flexibility index (Phi) is 5.99. The number of methoxy groups -OCH3 is 1. The van der Waals surface area contributed by atoms with Crippen molar-refractivity contribution in [1.29, 1.82) is 0 Å². The van der Waals surface area contributed by atoms with Gasteiger partial charge in [0, 0.05) is 19.1 Å². The summed E-state index contributed by atoms with van der Waals surface area (Å²) in [7, 11) is 1.63. The van der Waals surface area contributed by atoms with E-state index in [1.54, 1.807) is 12.6 Å². The Morgan fingerprint density at radius 1 is 1.75 bits per heavy atom. The first-order chi connectivity index (χ1) is 7.74. The van der Waals surface area contributed by atoms with Crippen LogP contribution in [0, 0.1) is 0 Å². The third-order valence-electron chi connectivity index (χ3n) is 2.13. The minimum Gasteiger partial charge on any atom is -0.385 e. The molecule has 1 heterocycles. The SMILES string of the molecule is COCCCC(N)C(=O)NCc1cscn1. The van der Waals surface area contributed by atoms with Gasteiger partial charge < -0.3 is 15.8 Å². The van der Waals surface area contributed by atoms with Crippen LogP contribution in [0.3, 0.4) is 0 Å². The van der Waals surface area contributed by atoms with Crippen molar-refractivity contribution in [3.05, 3.63) is 16.6 Å². The van der Waals surface area contributed by atoms with E-state index in [4.69, 9.17) is 10.5 Å². The number of carbonyl (C=O) groups excluding carboxylic acids is 1. The fraction of sp³-hybridized carbons (Fsp3) is 0.600. The van der Waals surface area contributed by atoms with Crippen LogP contribution in [-0.4, -0.2) is 30.6 Å². The molecule has 0 aliphatic carbocycles. The molecule has 16 heavy (non-hydrogen) atoms. The van der Waals surface area contributed by atoms with Crippen LogP contribution in [0.15, 0.2) is 10.9 Å². The highest BCUT2D eigenvalue weighted by molar-refractivity contribution is 7.07. The maximum absolute atomic E-state index is 11.5. The second kappa shape index (κ2) is 7.32. The number of ether oxygens (including phenoxy) is 1. The Labute approximate surface area is 99.0 Å². The largest absolute Gasteiger partial charge is 0.385 e. The molecule has 1 rings (SSSR count). The fourth-order valence-electron chi connectivity index (χ4n) is 1.21. The number of hydrogen-bond acceptors (Lipinski definition) is 5. The summed E-state index contributed by atoms with van der Waals surface area (Å²) in [6, 6.07) is -0.464. The molecule has 1 amide bonds. The number of nitrogens with zero attached hydrogens (tertiary/aromatic N) is 1. The Bertz CT molecular complexity index is 303. The van der Waals surface area contributed by atoms with Crippen LogP contribution in [-0.2, 0) is 16.1 Å². The first-order valence-corrected chi connectivity index (χ1v) is 6.07. The lowest BCUT2D eigenvalue weighted by molar-refractivity contribution is -0.122. The summed E-state index contributed by atoms with van der Waals surface area (Å²) in [6.07, 6.45) is 1.43. The van der Waals surface area contributed by atoms with E-state index in [2.05, 4.69) is 10.3 Å². The predicted molar refractivity (Wildman–Crippen MR) is 63.0 cm³/mol. The smallest absolute Gasteiger partial charge is 0.237 e. The highest BCUT2D eigenvalue weighted by Crippen LogP contribution is 2.00. The van der Waals surface area contributed by atoms with Crippen molar-refractivity contribution >= 4 is 17.2 Å². The monoisotopic (exact) mass is 243 g/mol. The van der Waals surface area contributed by atoms with Gasteiger partial charge in [0.15, 0.2) is 0 Å². The number of aromatic nitrogens is 1. The molecule has 6 heteroatoms. The summed E-state index contributed by atoms with van der Waals surface area (Å²) in [5.41, 5.74) is 8.31. The molecule has 0 aliphatic rings. The van der Waals surface area contributed by atoms with Gasteiger partial charge in [0.1, 0.15) is 0 Å². The van der Waals surface area contributed by atoms with Gasteiger partial charge >= 0.3 is 0 Å². The van der Waals surface area contributed by atoms with Crippen LogP contribution in [0.25, 0.3) is 0 Å². The molecule has 5 nitrogen and oxygen atoms in total. The van der Waals surface area contributed by atoms with E-state index in [9.17, 15) is 4.79 Å². The molecule has 0 aliphatic heterocycles. The third-order valence-corrected chi connectivity index (χ3v) is 2.76. The van der Waals surface area contributed by atoms with Gasteiger partial charge in [0.05, 0.1) is 23.8 Å². The Hall–Kier alpha value is -0.980. The Balaban J connectivity index is 2.18. The van der Waals surface area contributed by atoms with E-state index in [0.717, 1.165) is 12.1 Å². The molecule has 0 spiro atoms. The zero-order chi connectivity index (χ0) is 11.8. The second-order valence-corrected chi connectivity index (χ2v) is 4.16. The van der Waals surface area contributed by atoms with Crippen molar-refractivity contribution in [3.8, 4) is 0 Å². The predicted octanol–water partition coefficient (Wildman–Crippen LogP) is 0.513. The van der Waals surface area contributed by atoms with Crippen molar-refractivity contribution < 1.29 is 9.53 Å². The van der Waals surface area contributed by atoms with Crippen molar-refractivity contribution in [2.75, 3.05) is 13.7 Å². The van der Waals surface area contributed by atoms with Crippen LogP contribution in [0.5, 0.6) is 0 Å². The molecular weight excluding hydrogens is 226 g/mol. The van der Waals surface area contributed by atoms with Gasteiger partial charge in [-0.2, -0.15) is 0 Å². The summed E-state index contributed by atoms with van der Waals surface area (Å²) in [5, 5.41) is 4.65. The van der Waals surface area contributed by atoms with Gasteiger partial charge in [0.25, 0.3) is 0 Å². The fourth-order valence-corrected chi connectivity index (χ4v) is 1.77. The summed E-state index contributed by atoms with van der Waals surface area (Å²) < 4.78 is 4.89. The van der Waals surface area contributed by atoms with E-state index in [1.165, 1.54) is 11.3 Å². The lowest BCUT2D eigenvalue weighted by Gasteiger charge is -2.10. The van der Waals surface area contributed by atoms with Gasteiger partial charge in [0.2, 0.25) is 5.91 Å². The molecular formula is C10H17N3O2S. The average molecular weight is 243 g/mol. The zero-order valence-electron chi connectivity index (χ0n) is 9.31. The third kappa shape index (κ3) is 4.69. The zero-order valence-corrected chi connectivity index (χ0v) is 10.1. The van der Waals surface area contributed by atoms with Crippen LogP contribution >= 0.6 is 11.3 Å². The Morgan fingerprint density at radius 2 is 2.56 bits per heavy atom. The molecule has 1 unspecified atom stereocenters. The molecule has 0 bridgehead atoms. The van der Waals surface area contributed by atoms with Gasteiger partial charge in [-0.05, 0) is 12.8 Å². The van der Waals surface area contributed by atoms with Gasteiger partial charge in [-0.15, -0.1) is 11.3 Å². The second-order valence-electron chi connectivity index (χ2n) is 3.44. The van der Waals surface area contributed by atoms with Crippen molar-refractivity contribution in [2.24, 2.45) is 5.73 Å². The minimum atomic E-state index is -0.464. The number of carbonyl (C=O) groups is 1. The topological polar surface area (TPSA) is 77.2 Å². The first kappa shape index (κ1) is 13.1. The molecule has 0 radical (unpaired) electrons. The molecule has 0 saturated carbocycles. The maximum atomic E-state index is 11.5. The molecule has 1 atom stereocenters. The van der Waals surface area contributed by atoms with Crippen molar-refractivity contribution in [1.82, 2.24) is 10.3 Å². The Morgan fingerprint density at radius 3 is 3.19 bits per heavy atom. The number of thiazole rings is 1. The van der Waals surface area contributed by atoms with Crippen molar-refractivity contribution in [2.45, 2.75) is 25.4 Å². The highest BCUT2D eigenvalue weighted by Gasteiger charge is 2.12. The van der Waals surface area contributed by atoms with E-state index in [1.807, 2.05) is 5.38 Å². The van der Waals surface area contributed by atoms with Crippen LogP contribution in [0.1, 0.15) is 18.5 Å². The van der Waals surface area contributed by atoms with Gasteiger partial charge in [-0.1, -0.05) is 0 Å². The molecule has 3 N–H and O–H groups in total. The van der Waals surface area contributed by atoms with E-state index >= 15 is 0 Å². The van der Waals surface area contributed by atoms with E-state index in [0.29, 0.717) is 19.6 Å². The minimum absolute atomic E-state index is 0.135. The normalized spacial score (nSPS) is 12.4. The van der Waals surface area contributed by atoms with Crippen LogP contribution < -0.4 is 11.1 Å². The highest BCUT2D eigenvalue weighted by atomic mass is 32.1. The quantitative estimate of drug-likeness (QED) is 0.684. The van der Waals surface area contributed by atoms with Gasteiger partial charge in [-0.25, -0.2) is 4.98 Å². The standard InChI is InChI=1S/C10H17N3O2S/c1-15-4-2-3-9(11)10(14)12-5-8-6-16-7-13-8/h6-7,9H,2-5,11H2,1H3,(H,12,14). The molecule has 90 valence electrons. The number of nitrogens with two attached hydrogens (primary N) is 1. The number of hydrogen-bond donors (Lipinski definition) is 2. The van der Waals surface area contributed by atoms with E-state index < -0.39 is 6.04 Å². The van der Waals surface area contributed by atoms with Crippen molar-refractivity contribution in [3.63, 3.8) is 0 Å².